The van der Waals surface area contributed by atoms with Gasteiger partial charge in [0.25, 0.3) is 0 Å². The first-order valence-corrected chi connectivity index (χ1v) is 14.9. The molecule has 1 aliphatic heterocycles. The van der Waals surface area contributed by atoms with Crippen molar-refractivity contribution in [1.29, 1.82) is 0 Å². The van der Waals surface area contributed by atoms with Gasteiger partial charge in [0.2, 0.25) is 0 Å². The Bertz CT molecular complexity index is 1730. The van der Waals surface area contributed by atoms with E-state index < -0.39 is 17.7 Å². The fourth-order valence-electron chi connectivity index (χ4n) is 5.06. The highest BCUT2D eigenvalue weighted by Crippen LogP contribution is 2.28. The van der Waals surface area contributed by atoms with E-state index in [1.807, 2.05) is 23.7 Å². The minimum atomic E-state index is -1.03. The lowest BCUT2D eigenvalue weighted by Crippen LogP contribution is -2.29. The molecule has 4 aromatic heterocycles. The van der Waals surface area contributed by atoms with Crippen molar-refractivity contribution in [2.45, 2.75) is 45.9 Å². The molecule has 0 saturated carbocycles. The molecule has 1 aliphatic rings. The second-order valence-electron chi connectivity index (χ2n) is 10.4. The number of amides is 1. The van der Waals surface area contributed by atoms with Crippen molar-refractivity contribution in [2.75, 3.05) is 25.0 Å². The average Bonchev–Trinajstić information content (AvgIpc) is 3.75. The van der Waals surface area contributed by atoms with E-state index in [1.165, 1.54) is 42.9 Å². The second kappa shape index (κ2) is 12.8. The molecule has 14 heteroatoms. The largest absolute Gasteiger partial charge is 0.445 e. The van der Waals surface area contributed by atoms with Gasteiger partial charge in [0, 0.05) is 36.6 Å². The normalized spacial score (nSPS) is 13.8. The first-order chi connectivity index (χ1) is 20.9. The molecule has 5 heterocycles. The van der Waals surface area contributed by atoms with Gasteiger partial charge in [-0.15, -0.1) is 0 Å². The number of fused-ring (bicyclic) bond motifs is 1. The van der Waals surface area contributed by atoms with Crippen molar-refractivity contribution in [3.05, 3.63) is 77.6 Å². The van der Waals surface area contributed by atoms with Gasteiger partial charge in [0.05, 0.1) is 36.0 Å². The number of aryl methyl sites for hydroxylation is 1. The van der Waals surface area contributed by atoms with Gasteiger partial charge in [-0.2, -0.15) is 9.47 Å². The lowest BCUT2D eigenvalue weighted by Gasteiger charge is -2.25. The number of carbonyl (C=O) groups excluding carboxylic acids is 1. The Balaban J connectivity index is 1.07. The van der Waals surface area contributed by atoms with Gasteiger partial charge in [-0.3, -0.25) is 14.0 Å². The van der Waals surface area contributed by atoms with Crippen LogP contribution in [0.2, 0.25) is 0 Å². The van der Waals surface area contributed by atoms with Crippen LogP contribution in [-0.4, -0.2) is 59.2 Å². The fourth-order valence-corrected chi connectivity index (χ4v) is 5.72. The maximum atomic E-state index is 13.7. The lowest BCUT2D eigenvalue weighted by molar-refractivity contribution is 0.137. The van der Waals surface area contributed by atoms with Crippen molar-refractivity contribution in [1.82, 2.24) is 38.7 Å². The Morgan fingerprint density at radius 2 is 2.00 bits per heavy atom. The zero-order valence-corrected chi connectivity index (χ0v) is 24.4. The highest BCUT2D eigenvalue weighted by atomic mass is 32.1. The second-order valence-corrected chi connectivity index (χ2v) is 11.2. The Labute approximate surface area is 250 Å². The number of piperidine rings is 1. The summed E-state index contributed by atoms with van der Waals surface area (Å²) in [6.45, 7) is 5.26. The summed E-state index contributed by atoms with van der Waals surface area (Å²) in [6, 6.07) is 5.81. The van der Waals surface area contributed by atoms with Crippen LogP contribution in [0, 0.1) is 18.6 Å². The summed E-state index contributed by atoms with van der Waals surface area (Å²) in [5.74, 6) is -1.37. The van der Waals surface area contributed by atoms with Crippen LogP contribution in [-0.2, 0) is 24.4 Å². The summed E-state index contributed by atoms with van der Waals surface area (Å²) in [7, 11) is 0. The highest BCUT2D eigenvalue weighted by Gasteiger charge is 2.16. The summed E-state index contributed by atoms with van der Waals surface area (Å²) < 4.78 is 40.4. The number of hydrogen-bond donors (Lipinski definition) is 2. The van der Waals surface area contributed by atoms with E-state index in [-0.39, 0.29) is 18.7 Å². The minimum absolute atomic E-state index is 0.0339. The number of benzene rings is 1. The van der Waals surface area contributed by atoms with Crippen molar-refractivity contribution >= 4 is 34.1 Å². The van der Waals surface area contributed by atoms with Gasteiger partial charge in [-0.05, 0) is 56.5 Å². The van der Waals surface area contributed by atoms with Gasteiger partial charge in [-0.25, -0.2) is 23.5 Å². The molecule has 43 heavy (non-hydrogen) atoms. The maximum absolute atomic E-state index is 13.7. The van der Waals surface area contributed by atoms with Crippen molar-refractivity contribution < 1.29 is 18.3 Å². The van der Waals surface area contributed by atoms with Crippen molar-refractivity contribution in [2.24, 2.45) is 0 Å². The highest BCUT2D eigenvalue weighted by molar-refractivity contribution is 7.10. The molecule has 1 aromatic carbocycles. The molecule has 0 atom stereocenters. The SMILES string of the molecule is Cc1cn2c(-c3cnn(CCNC(=O)OCc4cccc(F)c4F)c3)cnc2c(Nc2cc(CN3CCCCC3)ns2)n1. The summed E-state index contributed by atoms with van der Waals surface area (Å²) in [4.78, 5) is 23.8. The number of hydrogen-bond acceptors (Lipinski definition) is 9. The maximum Gasteiger partial charge on any atom is 0.407 e. The molecule has 0 unspecified atom stereocenters. The number of imidazole rings is 1. The Kier molecular flexibility index (Phi) is 8.56. The number of nitrogens with one attached hydrogen (secondary N) is 2. The monoisotopic (exact) mass is 607 g/mol. The molecule has 0 radical (unpaired) electrons. The van der Waals surface area contributed by atoms with Crippen LogP contribution in [0.4, 0.5) is 24.4 Å². The number of halogens is 2. The number of rotatable bonds is 10. The molecule has 6 rings (SSSR count). The predicted octanol–water partition coefficient (Wildman–Crippen LogP) is 5.29. The molecule has 1 fully saturated rings. The Morgan fingerprint density at radius 3 is 2.86 bits per heavy atom. The third kappa shape index (κ3) is 6.81. The van der Waals surface area contributed by atoms with Crippen molar-refractivity contribution in [3.63, 3.8) is 0 Å². The minimum Gasteiger partial charge on any atom is -0.445 e. The zero-order chi connectivity index (χ0) is 29.8. The predicted molar refractivity (Wildman–Crippen MR) is 158 cm³/mol. The summed E-state index contributed by atoms with van der Waals surface area (Å²) in [6.07, 6.45) is 10.4. The summed E-state index contributed by atoms with van der Waals surface area (Å²) in [5.41, 5.74) is 4.20. The molecule has 0 spiro atoms. The topological polar surface area (TPSA) is 114 Å². The van der Waals surface area contributed by atoms with Crippen LogP contribution < -0.4 is 10.6 Å². The summed E-state index contributed by atoms with van der Waals surface area (Å²) in [5, 5.41) is 11.3. The third-order valence-electron chi connectivity index (χ3n) is 7.18. The molecular weight excluding hydrogens is 576 g/mol. The van der Waals surface area contributed by atoms with Gasteiger partial charge in [0.1, 0.15) is 11.6 Å². The quantitative estimate of drug-likeness (QED) is 0.220. The first-order valence-electron chi connectivity index (χ1n) is 14.1. The number of nitrogens with zero attached hydrogens (tertiary/aromatic N) is 7. The Hall–Kier alpha value is -4.43. The molecule has 11 nitrogen and oxygen atoms in total. The van der Waals surface area contributed by atoms with E-state index in [1.54, 1.807) is 17.1 Å². The molecule has 1 amide bonds. The number of aromatic nitrogens is 6. The Morgan fingerprint density at radius 1 is 1.14 bits per heavy atom. The molecular formula is C29H31F2N9O2S. The fraction of sp³-hybridized carbons (Fsp3) is 0.345. The van der Waals surface area contributed by atoms with Crippen LogP contribution in [0.3, 0.4) is 0 Å². The van der Waals surface area contributed by atoms with Gasteiger partial charge in [0.15, 0.2) is 23.1 Å². The molecule has 0 aliphatic carbocycles. The van der Waals surface area contributed by atoms with E-state index >= 15 is 0 Å². The molecule has 2 N–H and O–H groups in total. The van der Waals surface area contributed by atoms with E-state index in [0.717, 1.165) is 53.3 Å². The number of carbonyl (C=O) groups is 1. The van der Waals surface area contributed by atoms with Crippen molar-refractivity contribution in [3.8, 4) is 11.3 Å². The number of alkyl carbamates (subject to hydrolysis) is 1. The van der Waals surface area contributed by atoms with Gasteiger partial charge >= 0.3 is 6.09 Å². The number of likely N-dealkylation sites (tertiary alicyclic amines) is 1. The van der Waals surface area contributed by atoms with E-state index in [9.17, 15) is 13.6 Å². The van der Waals surface area contributed by atoms with E-state index in [4.69, 9.17) is 9.72 Å². The molecule has 1 saturated heterocycles. The van der Waals surface area contributed by atoms with Crippen LogP contribution >= 0.6 is 11.5 Å². The third-order valence-corrected chi connectivity index (χ3v) is 7.92. The van der Waals surface area contributed by atoms with Crippen LogP contribution in [0.15, 0.2) is 49.1 Å². The smallest absolute Gasteiger partial charge is 0.407 e. The van der Waals surface area contributed by atoms with E-state index in [2.05, 4.69) is 36.1 Å². The number of ether oxygens (including phenoxy) is 1. The standard InChI is InChI=1S/C29H31F2N9O2S/c1-19-15-40-24(14-33-28(40)27(35-19)36-25-12-22(37-43-25)17-38-9-3-2-4-10-38)21-13-34-39(16-21)11-8-32-29(41)42-18-20-6-5-7-23(30)26(20)31/h5-7,12-16H,2-4,8-11,17-18H2,1H3,(H,32,41)(H,35,36). The summed E-state index contributed by atoms with van der Waals surface area (Å²) >= 11 is 1.42. The molecule has 224 valence electrons. The first kappa shape index (κ1) is 28.7. The van der Waals surface area contributed by atoms with Gasteiger partial charge < -0.3 is 15.4 Å². The van der Waals surface area contributed by atoms with Crippen LogP contribution in [0.25, 0.3) is 16.9 Å². The molecule has 5 aromatic rings. The molecule has 0 bridgehead atoms. The van der Waals surface area contributed by atoms with Gasteiger partial charge in [-0.1, -0.05) is 18.6 Å². The van der Waals surface area contributed by atoms with Crippen LogP contribution in [0.1, 0.15) is 36.2 Å². The lowest BCUT2D eigenvalue weighted by atomic mass is 10.1. The van der Waals surface area contributed by atoms with E-state index in [0.29, 0.717) is 18.0 Å². The average molecular weight is 608 g/mol. The number of anilines is 2. The zero-order valence-electron chi connectivity index (χ0n) is 23.6. The van der Waals surface area contributed by atoms with Crippen LogP contribution in [0.5, 0.6) is 0 Å².